The molecule has 1 aliphatic carbocycles. The Kier molecular flexibility index (Phi) is 3.39. The molecule has 0 bridgehead atoms. The molecule has 23 heavy (non-hydrogen) atoms. The van der Waals surface area contributed by atoms with Gasteiger partial charge in [0.15, 0.2) is 17.3 Å². The number of ether oxygens (including phenoxy) is 3. The monoisotopic (exact) mass is 320 g/mol. The van der Waals surface area contributed by atoms with Crippen LogP contribution in [0.4, 0.5) is 0 Å². The van der Waals surface area contributed by atoms with Crippen molar-refractivity contribution in [2.24, 2.45) is 11.8 Å². The number of hydrogen-bond acceptors (Lipinski definition) is 6. The Balaban J connectivity index is 2.18. The molecule has 0 radical (unpaired) electrons. The second kappa shape index (κ2) is 4.94. The lowest BCUT2D eigenvalue weighted by atomic mass is 9.70. The smallest absolute Gasteiger partial charge is 0.334 e. The maximum atomic E-state index is 12.0. The number of carbonyl (C=O) groups excluding carboxylic acids is 3. The van der Waals surface area contributed by atoms with Crippen LogP contribution < -0.4 is 0 Å². The van der Waals surface area contributed by atoms with Gasteiger partial charge in [0.25, 0.3) is 0 Å². The Hall–Kier alpha value is -2.11. The van der Waals surface area contributed by atoms with Gasteiger partial charge in [0.05, 0.1) is 0 Å². The number of rotatable bonds is 1. The van der Waals surface area contributed by atoms with Crippen molar-refractivity contribution in [1.29, 1.82) is 0 Å². The Bertz CT molecular complexity index is 635. The summed E-state index contributed by atoms with van der Waals surface area (Å²) in [7, 11) is 0. The number of esters is 3. The van der Waals surface area contributed by atoms with E-state index < -0.39 is 35.2 Å². The van der Waals surface area contributed by atoms with E-state index in [2.05, 4.69) is 6.58 Å². The van der Waals surface area contributed by atoms with Gasteiger partial charge < -0.3 is 14.2 Å². The largest absolute Gasteiger partial charge is 0.454 e. The van der Waals surface area contributed by atoms with Crippen molar-refractivity contribution in [2.45, 2.75) is 50.9 Å². The highest BCUT2D eigenvalue weighted by molar-refractivity contribution is 5.91. The van der Waals surface area contributed by atoms with Crippen molar-refractivity contribution in [1.82, 2.24) is 0 Å². The van der Waals surface area contributed by atoms with Crippen molar-refractivity contribution >= 4 is 17.9 Å². The van der Waals surface area contributed by atoms with Gasteiger partial charge >= 0.3 is 17.9 Å². The highest BCUT2D eigenvalue weighted by Crippen LogP contribution is 2.53. The topological polar surface area (TPSA) is 78.9 Å². The van der Waals surface area contributed by atoms with Crippen LogP contribution in [0.2, 0.25) is 0 Å². The van der Waals surface area contributed by atoms with Crippen molar-refractivity contribution < 1.29 is 28.6 Å². The predicted molar refractivity (Wildman–Crippen MR) is 79.0 cm³/mol. The molecule has 6 nitrogen and oxygen atoms in total. The molecule has 3 aliphatic rings. The molecule has 5 atom stereocenters. The Labute approximate surface area is 134 Å². The van der Waals surface area contributed by atoms with E-state index in [9.17, 15) is 14.4 Å². The zero-order chi connectivity index (χ0) is 17.0. The molecule has 0 aromatic carbocycles. The zero-order valence-electron chi connectivity index (χ0n) is 13.5. The molecule has 0 spiro atoms. The van der Waals surface area contributed by atoms with Gasteiger partial charge in [0.2, 0.25) is 0 Å². The van der Waals surface area contributed by atoms with E-state index in [4.69, 9.17) is 14.2 Å². The summed E-state index contributed by atoms with van der Waals surface area (Å²) in [6, 6.07) is 0. The summed E-state index contributed by atoms with van der Waals surface area (Å²) < 4.78 is 16.8. The summed E-state index contributed by atoms with van der Waals surface area (Å²) in [5, 5.41) is 0. The van der Waals surface area contributed by atoms with Crippen LogP contribution in [0.25, 0.3) is 0 Å². The minimum atomic E-state index is -1.29. The highest BCUT2D eigenvalue weighted by atomic mass is 16.6. The lowest BCUT2D eigenvalue weighted by Crippen LogP contribution is -2.66. The van der Waals surface area contributed by atoms with Crippen LogP contribution in [0, 0.1) is 11.8 Å². The fourth-order valence-corrected chi connectivity index (χ4v) is 4.16. The predicted octanol–water partition coefficient (Wildman–Crippen LogP) is 1.69. The third kappa shape index (κ3) is 2.04. The average molecular weight is 320 g/mol. The second-order valence-electron chi connectivity index (χ2n) is 6.68. The van der Waals surface area contributed by atoms with Crippen molar-refractivity contribution in [3.8, 4) is 0 Å². The first-order chi connectivity index (χ1) is 10.7. The summed E-state index contributed by atoms with van der Waals surface area (Å²) >= 11 is 0. The van der Waals surface area contributed by atoms with E-state index in [-0.39, 0.29) is 11.8 Å². The maximum absolute atomic E-state index is 12.0. The van der Waals surface area contributed by atoms with Gasteiger partial charge in [-0.2, -0.15) is 0 Å². The van der Waals surface area contributed by atoms with Crippen LogP contribution in [-0.2, 0) is 28.6 Å². The molecular formula is C17H20O6. The van der Waals surface area contributed by atoms with Gasteiger partial charge in [-0.3, -0.25) is 4.79 Å². The van der Waals surface area contributed by atoms with Gasteiger partial charge in [-0.15, -0.1) is 0 Å². The van der Waals surface area contributed by atoms with Gasteiger partial charge in [0, 0.05) is 30.4 Å². The van der Waals surface area contributed by atoms with Crippen LogP contribution in [0.15, 0.2) is 24.3 Å². The summed E-state index contributed by atoms with van der Waals surface area (Å²) in [5.41, 5.74) is -2.08. The molecule has 2 aliphatic heterocycles. The molecule has 6 heteroatoms. The van der Waals surface area contributed by atoms with Gasteiger partial charge in [-0.1, -0.05) is 13.5 Å². The third-order valence-electron chi connectivity index (χ3n) is 5.36. The lowest BCUT2D eigenvalue weighted by Gasteiger charge is -2.50. The number of hydrogen-bond donors (Lipinski definition) is 0. The van der Waals surface area contributed by atoms with Gasteiger partial charge in [0.1, 0.15) is 0 Å². The summed E-state index contributed by atoms with van der Waals surface area (Å²) in [5.74, 6) is -1.88. The Morgan fingerprint density at radius 1 is 1.39 bits per heavy atom. The Morgan fingerprint density at radius 3 is 2.74 bits per heavy atom. The van der Waals surface area contributed by atoms with Crippen molar-refractivity contribution in [3.63, 3.8) is 0 Å². The van der Waals surface area contributed by atoms with Crippen LogP contribution in [0.3, 0.4) is 0 Å². The first-order valence-corrected chi connectivity index (χ1v) is 7.73. The SMILES string of the molecule is C=C1C(=O)O[C@@H]2[C@H]1CC[C@H](C)[C@]1(OC(C)=O)C=CC(=O)O[C@@]21C. The fourth-order valence-electron chi connectivity index (χ4n) is 4.16. The molecule has 0 N–H and O–H groups in total. The summed E-state index contributed by atoms with van der Waals surface area (Å²) in [6.45, 7) is 8.74. The van der Waals surface area contributed by atoms with E-state index in [0.717, 1.165) is 0 Å². The minimum absolute atomic E-state index is 0.113. The van der Waals surface area contributed by atoms with Gasteiger partial charge in [-0.05, 0) is 25.8 Å². The molecule has 124 valence electrons. The van der Waals surface area contributed by atoms with Crippen LogP contribution in [0.5, 0.6) is 0 Å². The maximum Gasteiger partial charge on any atom is 0.334 e. The molecular weight excluding hydrogens is 300 g/mol. The zero-order valence-corrected chi connectivity index (χ0v) is 13.5. The van der Waals surface area contributed by atoms with E-state index >= 15 is 0 Å². The molecule has 0 aromatic rings. The van der Waals surface area contributed by atoms with Crippen molar-refractivity contribution in [3.05, 3.63) is 24.3 Å². The van der Waals surface area contributed by atoms with Crippen LogP contribution >= 0.6 is 0 Å². The summed E-state index contributed by atoms with van der Waals surface area (Å²) in [4.78, 5) is 35.6. The number of carbonyl (C=O) groups is 3. The molecule has 1 saturated carbocycles. The van der Waals surface area contributed by atoms with Crippen LogP contribution in [-0.4, -0.2) is 35.2 Å². The Morgan fingerprint density at radius 2 is 2.09 bits per heavy atom. The molecule has 3 rings (SSSR count). The minimum Gasteiger partial charge on any atom is -0.454 e. The van der Waals surface area contributed by atoms with E-state index in [1.807, 2.05) is 6.92 Å². The highest BCUT2D eigenvalue weighted by Gasteiger charge is 2.67. The standard InChI is InChI=1S/C17H20O6/c1-9-5-6-12-10(2)15(20)21-14(12)16(4)17(9,22-11(3)18)8-7-13(19)23-16/h7-9,12,14H,2,5-6H2,1,3-4H3/t9-,12-,14+,16-,17+/m0/s1. The summed E-state index contributed by atoms with van der Waals surface area (Å²) in [6.07, 6.45) is 3.47. The quantitative estimate of drug-likeness (QED) is 0.415. The van der Waals surface area contributed by atoms with Crippen molar-refractivity contribution in [2.75, 3.05) is 0 Å². The first kappa shape index (κ1) is 15.8. The first-order valence-electron chi connectivity index (χ1n) is 7.73. The molecule has 0 amide bonds. The fraction of sp³-hybridized carbons (Fsp3) is 0.588. The normalized spacial score (nSPS) is 42.2. The molecule has 0 unspecified atom stereocenters. The molecule has 1 saturated heterocycles. The average Bonchev–Trinajstić information content (AvgIpc) is 2.71. The van der Waals surface area contributed by atoms with E-state index in [1.165, 1.54) is 13.0 Å². The molecule has 0 aromatic heterocycles. The lowest BCUT2D eigenvalue weighted by molar-refractivity contribution is -0.233. The molecule has 2 heterocycles. The van der Waals surface area contributed by atoms with E-state index in [1.54, 1.807) is 13.0 Å². The number of fused-ring (bicyclic) bond motifs is 3. The van der Waals surface area contributed by atoms with Crippen LogP contribution in [0.1, 0.15) is 33.6 Å². The van der Waals surface area contributed by atoms with E-state index in [0.29, 0.717) is 18.4 Å². The second-order valence-corrected chi connectivity index (χ2v) is 6.68. The third-order valence-corrected chi connectivity index (χ3v) is 5.36. The van der Waals surface area contributed by atoms with Gasteiger partial charge in [-0.25, -0.2) is 9.59 Å². The molecule has 2 fully saturated rings.